The zero-order valence-corrected chi connectivity index (χ0v) is 8.52. The standard InChI is InChI=1S/C10H11ClF2O/c1-7-2-3-9(8(4-7)5-11)14-6-10(12)13/h2-4,10H,5-6H2,1H3. The van der Waals surface area contributed by atoms with Crippen LogP contribution >= 0.6 is 11.6 Å². The van der Waals surface area contributed by atoms with Crippen molar-refractivity contribution in [2.75, 3.05) is 6.61 Å². The molecular formula is C10H11ClF2O. The van der Waals surface area contributed by atoms with Crippen molar-refractivity contribution < 1.29 is 13.5 Å². The molecule has 0 saturated carbocycles. The van der Waals surface area contributed by atoms with E-state index < -0.39 is 13.0 Å². The molecule has 0 aliphatic heterocycles. The van der Waals surface area contributed by atoms with E-state index in [1.54, 1.807) is 12.1 Å². The van der Waals surface area contributed by atoms with E-state index in [1.807, 2.05) is 13.0 Å². The van der Waals surface area contributed by atoms with Gasteiger partial charge in [0, 0.05) is 5.56 Å². The summed E-state index contributed by atoms with van der Waals surface area (Å²) < 4.78 is 28.7. The molecule has 0 saturated heterocycles. The molecular weight excluding hydrogens is 210 g/mol. The van der Waals surface area contributed by atoms with Gasteiger partial charge in [-0.2, -0.15) is 0 Å². The second kappa shape index (κ2) is 5.15. The first-order valence-electron chi connectivity index (χ1n) is 4.20. The first-order valence-corrected chi connectivity index (χ1v) is 4.73. The Labute approximate surface area is 86.6 Å². The lowest BCUT2D eigenvalue weighted by atomic mass is 10.1. The Morgan fingerprint density at radius 3 is 2.71 bits per heavy atom. The largest absolute Gasteiger partial charge is 0.487 e. The maximum absolute atomic E-state index is 11.9. The monoisotopic (exact) mass is 220 g/mol. The van der Waals surface area contributed by atoms with Gasteiger partial charge in [-0.25, -0.2) is 8.78 Å². The van der Waals surface area contributed by atoms with Crippen LogP contribution < -0.4 is 4.74 Å². The highest BCUT2D eigenvalue weighted by molar-refractivity contribution is 6.17. The lowest BCUT2D eigenvalue weighted by Gasteiger charge is -2.09. The average Bonchev–Trinajstić information content (AvgIpc) is 2.15. The summed E-state index contributed by atoms with van der Waals surface area (Å²) in [5.74, 6) is 0.700. The molecule has 0 aliphatic rings. The van der Waals surface area contributed by atoms with Crippen LogP contribution in [0.25, 0.3) is 0 Å². The molecule has 0 aromatic heterocycles. The van der Waals surface area contributed by atoms with E-state index >= 15 is 0 Å². The SMILES string of the molecule is Cc1ccc(OCC(F)F)c(CCl)c1. The van der Waals surface area contributed by atoms with Crippen LogP contribution in [-0.4, -0.2) is 13.0 Å². The highest BCUT2D eigenvalue weighted by Crippen LogP contribution is 2.22. The lowest BCUT2D eigenvalue weighted by molar-refractivity contribution is 0.0815. The van der Waals surface area contributed by atoms with Gasteiger partial charge in [0.1, 0.15) is 12.4 Å². The lowest BCUT2D eigenvalue weighted by Crippen LogP contribution is -2.08. The summed E-state index contributed by atoms with van der Waals surface area (Å²) in [6.45, 7) is 1.32. The highest BCUT2D eigenvalue weighted by Gasteiger charge is 2.07. The number of rotatable bonds is 4. The van der Waals surface area contributed by atoms with Gasteiger partial charge in [0.25, 0.3) is 6.43 Å². The van der Waals surface area contributed by atoms with E-state index in [0.29, 0.717) is 5.75 Å². The minimum absolute atomic E-state index is 0.264. The molecule has 14 heavy (non-hydrogen) atoms. The average molecular weight is 221 g/mol. The Balaban J connectivity index is 2.75. The summed E-state index contributed by atoms with van der Waals surface area (Å²) in [5, 5.41) is 0. The van der Waals surface area contributed by atoms with Crippen molar-refractivity contribution in [3.05, 3.63) is 29.3 Å². The normalized spacial score (nSPS) is 10.6. The molecule has 4 heteroatoms. The molecule has 1 aromatic carbocycles. The van der Waals surface area contributed by atoms with Gasteiger partial charge in [0.2, 0.25) is 0 Å². The third-order valence-corrected chi connectivity index (χ3v) is 2.01. The van der Waals surface area contributed by atoms with Gasteiger partial charge in [-0.1, -0.05) is 17.7 Å². The fourth-order valence-electron chi connectivity index (χ4n) is 1.11. The molecule has 1 aromatic rings. The molecule has 0 radical (unpaired) electrons. The fourth-order valence-corrected chi connectivity index (χ4v) is 1.32. The molecule has 0 fully saturated rings. The smallest absolute Gasteiger partial charge is 0.272 e. The second-order valence-corrected chi connectivity index (χ2v) is 3.21. The van der Waals surface area contributed by atoms with Crippen molar-refractivity contribution in [1.82, 2.24) is 0 Å². The molecule has 0 heterocycles. The minimum Gasteiger partial charge on any atom is -0.487 e. The summed E-state index contributed by atoms with van der Waals surface area (Å²) in [7, 11) is 0. The quantitative estimate of drug-likeness (QED) is 0.707. The third kappa shape index (κ3) is 3.14. The molecule has 0 amide bonds. The second-order valence-electron chi connectivity index (χ2n) is 2.95. The fraction of sp³-hybridized carbons (Fsp3) is 0.400. The highest BCUT2D eigenvalue weighted by atomic mass is 35.5. The molecule has 0 atom stereocenters. The molecule has 0 unspecified atom stereocenters. The summed E-state index contributed by atoms with van der Waals surface area (Å²) in [5.41, 5.74) is 1.78. The van der Waals surface area contributed by atoms with E-state index in [2.05, 4.69) is 0 Å². The molecule has 1 rings (SSSR count). The first kappa shape index (κ1) is 11.2. The van der Waals surface area contributed by atoms with E-state index in [9.17, 15) is 8.78 Å². The van der Waals surface area contributed by atoms with Gasteiger partial charge in [0.05, 0.1) is 5.88 Å². The van der Waals surface area contributed by atoms with Crippen molar-refractivity contribution >= 4 is 11.6 Å². The molecule has 1 nitrogen and oxygen atoms in total. The van der Waals surface area contributed by atoms with E-state index in [1.165, 1.54) is 0 Å². The summed E-state index contributed by atoms with van der Waals surface area (Å²) in [6.07, 6.45) is -2.46. The van der Waals surface area contributed by atoms with Gasteiger partial charge >= 0.3 is 0 Å². The maximum atomic E-state index is 11.9. The third-order valence-electron chi connectivity index (χ3n) is 1.72. The molecule has 78 valence electrons. The van der Waals surface area contributed by atoms with Crippen LogP contribution in [-0.2, 0) is 5.88 Å². The molecule has 0 aliphatic carbocycles. The van der Waals surface area contributed by atoms with Crippen LogP contribution in [0.5, 0.6) is 5.75 Å². The van der Waals surface area contributed by atoms with Crippen molar-refractivity contribution in [2.24, 2.45) is 0 Å². The number of alkyl halides is 3. The predicted octanol–water partition coefficient (Wildman–Crippen LogP) is 3.38. The Bertz CT molecular complexity index is 302. The minimum atomic E-state index is -2.46. The van der Waals surface area contributed by atoms with Gasteiger partial charge in [-0.15, -0.1) is 11.6 Å². The van der Waals surface area contributed by atoms with Crippen LogP contribution in [0.1, 0.15) is 11.1 Å². The van der Waals surface area contributed by atoms with E-state index in [0.717, 1.165) is 11.1 Å². The first-order chi connectivity index (χ1) is 6.63. The number of benzene rings is 1. The zero-order chi connectivity index (χ0) is 10.6. The molecule has 0 spiro atoms. The van der Waals surface area contributed by atoms with Gasteiger partial charge in [0.15, 0.2) is 0 Å². The maximum Gasteiger partial charge on any atom is 0.272 e. The van der Waals surface area contributed by atoms with Crippen molar-refractivity contribution in [2.45, 2.75) is 19.2 Å². The number of hydrogen-bond acceptors (Lipinski definition) is 1. The summed E-state index contributed by atoms with van der Waals surface area (Å²) in [4.78, 5) is 0. The number of halogens is 3. The molecule has 0 N–H and O–H groups in total. The van der Waals surface area contributed by atoms with Crippen molar-refractivity contribution in [3.63, 3.8) is 0 Å². The van der Waals surface area contributed by atoms with Crippen molar-refractivity contribution in [3.8, 4) is 5.75 Å². The van der Waals surface area contributed by atoms with Gasteiger partial charge in [-0.05, 0) is 13.0 Å². The van der Waals surface area contributed by atoms with Gasteiger partial charge < -0.3 is 4.74 Å². The van der Waals surface area contributed by atoms with Gasteiger partial charge in [-0.3, -0.25) is 0 Å². The van der Waals surface area contributed by atoms with Crippen LogP contribution in [0.15, 0.2) is 18.2 Å². The Kier molecular flexibility index (Phi) is 4.14. The predicted molar refractivity (Wildman–Crippen MR) is 52.2 cm³/mol. The van der Waals surface area contributed by atoms with Crippen LogP contribution in [0, 0.1) is 6.92 Å². The van der Waals surface area contributed by atoms with E-state index in [4.69, 9.17) is 16.3 Å². The Morgan fingerprint density at radius 2 is 2.14 bits per heavy atom. The summed E-state index contributed by atoms with van der Waals surface area (Å²) in [6, 6.07) is 5.29. The summed E-state index contributed by atoms with van der Waals surface area (Å²) >= 11 is 5.65. The topological polar surface area (TPSA) is 9.23 Å². The van der Waals surface area contributed by atoms with Crippen LogP contribution in [0.4, 0.5) is 8.78 Å². The molecule has 0 bridgehead atoms. The van der Waals surface area contributed by atoms with Crippen LogP contribution in [0.2, 0.25) is 0 Å². The zero-order valence-electron chi connectivity index (χ0n) is 7.77. The van der Waals surface area contributed by atoms with Crippen LogP contribution in [0.3, 0.4) is 0 Å². The Hall–Kier alpha value is -0.830. The van der Waals surface area contributed by atoms with E-state index in [-0.39, 0.29) is 5.88 Å². The number of ether oxygens (including phenoxy) is 1. The number of hydrogen-bond donors (Lipinski definition) is 0. The Morgan fingerprint density at radius 1 is 1.43 bits per heavy atom. The number of aryl methyl sites for hydroxylation is 1. The van der Waals surface area contributed by atoms with Crippen molar-refractivity contribution in [1.29, 1.82) is 0 Å².